The fourth-order valence-corrected chi connectivity index (χ4v) is 2.78. The third kappa shape index (κ3) is 5.74. The van der Waals surface area contributed by atoms with E-state index >= 15 is 0 Å². The van der Waals surface area contributed by atoms with Gasteiger partial charge in [-0.15, -0.1) is 0 Å². The van der Waals surface area contributed by atoms with Crippen LogP contribution < -0.4 is 15.4 Å². The molecule has 0 radical (unpaired) electrons. The van der Waals surface area contributed by atoms with Crippen LogP contribution in [0.15, 0.2) is 53.7 Å². The Bertz CT molecular complexity index is 688. The van der Waals surface area contributed by atoms with E-state index < -0.39 is 0 Å². The van der Waals surface area contributed by atoms with Crippen molar-refractivity contribution in [3.05, 3.63) is 59.9 Å². The van der Waals surface area contributed by atoms with Crippen molar-refractivity contribution in [2.24, 2.45) is 4.99 Å². The van der Waals surface area contributed by atoms with Gasteiger partial charge < -0.3 is 20.3 Å². The Labute approximate surface area is 156 Å². The van der Waals surface area contributed by atoms with Crippen LogP contribution >= 0.6 is 0 Å². The predicted molar refractivity (Wildman–Crippen MR) is 107 cm³/mol. The maximum absolute atomic E-state index is 5.52. The molecule has 2 N–H and O–H groups in total. The molecule has 0 bridgehead atoms. The number of likely N-dealkylation sites (N-methyl/N-ethyl adjacent to an activating group) is 1. The highest BCUT2D eigenvalue weighted by atomic mass is 16.5. The SMILES string of the molecule is CN=C(NCCc1ccccn1)NCC(c1ccccc1OC)N(C)C. The van der Waals surface area contributed by atoms with Gasteiger partial charge in [0.15, 0.2) is 5.96 Å². The zero-order valence-electron chi connectivity index (χ0n) is 16.1. The second-order valence-corrected chi connectivity index (χ2v) is 6.17. The number of rotatable bonds is 8. The smallest absolute Gasteiger partial charge is 0.191 e. The second kappa shape index (κ2) is 10.4. The molecule has 0 aliphatic carbocycles. The third-order valence-electron chi connectivity index (χ3n) is 4.21. The van der Waals surface area contributed by atoms with Gasteiger partial charge in [-0.2, -0.15) is 0 Å². The molecule has 0 saturated heterocycles. The van der Waals surface area contributed by atoms with Crippen molar-refractivity contribution >= 4 is 5.96 Å². The van der Waals surface area contributed by atoms with E-state index in [9.17, 15) is 0 Å². The topological polar surface area (TPSA) is 61.8 Å². The van der Waals surface area contributed by atoms with Crippen LogP contribution in [0.5, 0.6) is 5.75 Å². The maximum Gasteiger partial charge on any atom is 0.191 e. The fraction of sp³-hybridized carbons (Fsp3) is 0.400. The molecular weight excluding hydrogens is 326 g/mol. The van der Waals surface area contributed by atoms with Crippen molar-refractivity contribution in [3.63, 3.8) is 0 Å². The number of pyridine rings is 1. The molecule has 26 heavy (non-hydrogen) atoms. The number of nitrogens with one attached hydrogen (secondary N) is 2. The summed E-state index contributed by atoms with van der Waals surface area (Å²) < 4.78 is 5.52. The van der Waals surface area contributed by atoms with Crippen LogP contribution in [0.3, 0.4) is 0 Å². The highest BCUT2D eigenvalue weighted by Crippen LogP contribution is 2.27. The van der Waals surface area contributed by atoms with Gasteiger partial charge in [0.1, 0.15) is 5.75 Å². The molecule has 1 heterocycles. The summed E-state index contributed by atoms with van der Waals surface area (Å²) in [5.41, 5.74) is 2.21. The summed E-state index contributed by atoms with van der Waals surface area (Å²) in [6.07, 6.45) is 2.67. The minimum atomic E-state index is 0.167. The molecule has 140 valence electrons. The van der Waals surface area contributed by atoms with Crippen LogP contribution in [0.2, 0.25) is 0 Å². The lowest BCUT2D eigenvalue weighted by atomic mass is 10.0. The number of aliphatic imine (C=N–C) groups is 1. The van der Waals surface area contributed by atoms with Crippen molar-refractivity contribution in [2.45, 2.75) is 12.5 Å². The van der Waals surface area contributed by atoms with Crippen LogP contribution in [0.1, 0.15) is 17.3 Å². The van der Waals surface area contributed by atoms with E-state index in [1.54, 1.807) is 14.2 Å². The average molecular weight is 355 g/mol. The summed E-state index contributed by atoms with van der Waals surface area (Å²) in [7, 11) is 7.62. The Hall–Kier alpha value is -2.60. The van der Waals surface area contributed by atoms with Gasteiger partial charge in [0.05, 0.1) is 13.2 Å². The summed E-state index contributed by atoms with van der Waals surface area (Å²) in [4.78, 5) is 10.8. The van der Waals surface area contributed by atoms with E-state index in [4.69, 9.17) is 4.74 Å². The van der Waals surface area contributed by atoms with E-state index in [2.05, 4.69) is 45.7 Å². The predicted octanol–water partition coefficient (Wildman–Crippen LogP) is 2.10. The standard InChI is InChI=1S/C20H29N5O/c1-21-20(23-14-12-16-9-7-8-13-22-16)24-15-18(25(2)3)17-10-5-6-11-19(17)26-4/h5-11,13,18H,12,14-15H2,1-4H3,(H2,21,23,24). The molecule has 1 aromatic heterocycles. The van der Waals surface area contributed by atoms with Gasteiger partial charge >= 0.3 is 0 Å². The number of nitrogens with zero attached hydrogens (tertiary/aromatic N) is 3. The maximum atomic E-state index is 5.52. The van der Waals surface area contributed by atoms with Gasteiger partial charge in [-0.1, -0.05) is 24.3 Å². The van der Waals surface area contributed by atoms with Crippen molar-refractivity contribution in [3.8, 4) is 5.75 Å². The fourth-order valence-electron chi connectivity index (χ4n) is 2.78. The van der Waals surface area contributed by atoms with Gasteiger partial charge in [0, 0.05) is 44.0 Å². The molecular formula is C20H29N5O. The number of hydrogen-bond donors (Lipinski definition) is 2. The Balaban J connectivity index is 1.92. The number of aromatic nitrogens is 1. The van der Waals surface area contributed by atoms with Crippen LogP contribution in [-0.2, 0) is 6.42 Å². The van der Waals surface area contributed by atoms with E-state index in [0.29, 0.717) is 0 Å². The van der Waals surface area contributed by atoms with Crippen molar-refractivity contribution in [2.75, 3.05) is 41.3 Å². The Morgan fingerprint density at radius 1 is 1.15 bits per heavy atom. The summed E-state index contributed by atoms with van der Waals surface area (Å²) >= 11 is 0. The van der Waals surface area contributed by atoms with E-state index in [1.165, 1.54) is 0 Å². The van der Waals surface area contributed by atoms with Crippen LogP contribution in [-0.4, -0.2) is 57.2 Å². The van der Waals surface area contributed by atoms with Gasteiger partial charge in [-0.05, 0) is 32.3 Å². The lowest BCUT2D eigenvalue weighted by molar-refractivity contribution is 0.288. The molecule has 0 spiro atoms. The third-order valence-corrected chi connectivity index (χ3v) is 4.21. The van der Waals surface area contributed by atoms with Gasteiger partial charge in [-0.25, -0.2) is 0 Å². The number of para-hydroxylation sites is 1. The molecule has 0 aliphatic heterocycles. The highest BCUT2D eigenvalue weighted by molar-refractivity contribution is 5.79. The lowest BCUT2D eigenvalue weighted by Gasteiger charge is -2.27. The number of benzene rings is 1. The normalized spacial score (nSPS) is 12.7. The average Bonchev–Trinajstić information content (AvgIpc) is 2.67. The second-order valence-electron chi connectivity index (χ2n) is 6.17. The molecule has 2 aromatic rings. The molecule has 1 aromatic carbocycles. The van der Waals surface area contributed by atoms with E-state index in [1.807, 2.05) is 42.6 Å². The molecule has 0 fully saturated rings. The molecule has 0 aliphatic rings. The molecule has 1 unspecified atom stereocenters. The Morgan fingerprint density at radius 2 is 1.92 bits per heavy atom. The first-order valence-corrected chi connectivity index (χ1v) is 8.79. The molecule has 0 saturated carbocycles. The molecule has 0 amide bonds. The molecule has 6 heteroatoms. The summed E-state index contributed by atoms with van der Waals surface area (Å²) in [6, 6.07) is 14.2. The van der Waals surface area contributed by atoms with Gasteiger partial charge in [-0.3, -0.25) is 9.98 Å². The van der Waals surface area contributed by atoms with Crippen molar-refractivity contribution in [1.82, 2.24) is 20.5 Å². The van der Waals surface area contributed by atoms with Gasteiger partial charge in [0.25, 0.3) is 0 Å². The number of ether oxygens (including phenoxy) is 1. The monoisotopic (exact) mass is 355 g/mol. The van der Waals surface area contributed by atoms with E-state index in [-0.39, 0.29) is 6.04 Å². The van der Waals surface area contributed by atoms with E-state index in [0.717, 1.165) is 42.5 Å². The van der Waals surface area contributed by atoms with Crippen LogP contribution in [0.4, 0.5) is 0 Å². The first-order valence-electron chi connectivity index (χ1n) is 8.79. The lowest BCUT2D eigenvalue weighted by Crippen LogP contribution is -2.42. The minimum Gasteiger partial charge on any atom is -0.496 e. The highest BCUT2D eigenvalue weighted by Gasteiger charge is 2.18. The number of methoxy groups -OCH3 is 1. The molecule has 6 nitrogen and oxygen atoms in total. The molecule has 1 atom stereocenters. The summed E-state index contributed by atoms with van der Waals surface area (Å²) in [5, 5.41) is 6.75. The zero-order valence-corrected chi connectivity index (χ0v) is 16.1. The number of hydrogen-bond acceptors (Lipinski definition) is 4. The number of guanidine groups is 1. The first kappa shape index (κ1) is 19.7. The Kier molecular flexibility index (Phi) is 7.89. The molecule has 2 rings (SSSR count). The quantitative estimate of drug-likeness (QED) is 0.561. The van der Waals surface area contributed by atoms with Crippen LogP contribution in [0.25, 0.3) is 0 Å². The summed E-state index contributed by atoms with van der Waals surface area (Å²) in [6.45, 7) is 1.49. The zero-order chi connectivity index (χ0) is 18.8. The largest absolute Gasteiger partial charge is 0.496 e. The first-order chi connectivity index (χ1) is 12.7. The Morgan fingerprint density at radius 3 is 2.58 bits per heavy atom. The minimum absolute atomic E-state index is 0.167. The van der Waals surface area contributed by atoms with Gasteiger partial charge in [0.2, 0.25) is 0 Å². The summed E-state index contributed by atoms with van der Waals surface area (Å²) in [5.74, 6) is 1.67. The van der Waals surface area contributed by atoms with Crippen LogP contribution in [0, 0.1) is 0 Å². The van der Waals surface area contributed by atoms with Crippen molar-refractivity contribution < 1.29 is 4.74 Å². The van der Waals surface area contributed by atoms with Crippen molar-refractivity contribution in [1.29, 1.82) is 0 Å².